The lowest BCUT2D eigenvalue weighted by Crippen LogP contribution is -1.96. The first-order chi connectivity index (χ1) is 11.1. The molecule has 2 aromatic heterocycles. The number of carboxylic acid groups (broad SMARTS) is 1. The molecule has 120 valence electrons. The van der Waals surface area contributed by atoms with Gasteiger partial charge in [0.25, 0.3) is 0 Å². The third kappa shape index (κ3) is 3.25. The minimum Gasteiger partial charge on any atom is -0.478 e. The highest BCUT2D eigenvalue weighted by atomic mass is 35.5. The molecule has 0 atom stereocenters. The SMILES string of the molecule is CC.Cc1ccccc1Cc1c(Cl)c(C(=O)O)c2ccccn12. The number of halogens is 1. The van der Waals surface area contributed by atoms with Crippen LogP contribution in [0.3, 0.4) is 0 Å². The first kappa shape index (κ1) is 17.1. The van der Waals surface area contributed by atoms with E-state index in [1.54, 1.807) is 6.07 Å². The van der Waals surface area contributed by atoms with Crippen LogP contribution < -0.4 is 0 Å². The molecule has 0 amide bonds. The number of aromatic carboxylic acids is 1. The summed E-state index contributed by atoms with van der Waals surface area (Å²) < 4.78 is 1.86. The molecule has 2 heterocycles. The van der Waals surface area contributed by atoms with E-state index >= 15 is 0 Å². The number of carboxylic acids is 1. The molecule has 0 aliphatic rings. The molecular formula is C19H20ClNO2. The molecule has 1 aromatic carbocycles. The van der Waals surface area contributed by atoms with Gasteiger partial charge in [-0.05, 0) is 30.2 Å². The van der Waals surface area contributed by atoms with E-state index in [9.17, 15) is 9.90 Å². The van der Waals surface area contributed by atoms with Crippen LogP contribution in [0, 0.1) is 6.92 Å². The summed E-state index contributed by atoms with van der Waals surface area (Å²) in [6.07, 6.45) is 2.45. The van der Waals surface area contributed by atoms with Gasteiger partial charge in [-0.3, -0.25) is 0 Å². The van der Waals surface area contributed by atoms with Gasteiger partial charge < -0.3 is 9.51 Å². The largest absolute Gasteiger partial charge is 0.478 e. The number of carbonyl (C=O) groups is 1. The molecule has 0 fully saturated rings. The average Bonchev–Trinajstić information content (AvgIpc) is 2.84. The van der Waals surface area contributed by atoms with Crippen LogP contribution in [-0.4, -0.2) is 15.5 Å². The molecule has 0 radical (unpaired) electrons. The first-order valence-electron chi connectivity index (χ1n) is 7.65. The minimum absolute atomic E-state index is 0.167. The third-order valence-electron chi connectivity index (χ3n) is 3.71. The minimum atomic E-state index is -1.00. The van der Waals surface area contributed by atoms with E-state index in [2.05, 4.69) is 0 Å². The zero-order chi connectivity index (χ0) is 17.0. The van der Waals surface area contributed by atoms with Gasteiger partial charge in [0.1, 0.15) is 5.56 Å². The number of aryl methyl sites for hydroxylation is 1. The molecule has 23 heavy (non-hydrogen) atoms. The fraction of sp³-hybridized carbons (Fsp3) is 0.211. The third-order valence-corrected chi connectivity index (χ3v) is 4.12. The van der Waals surface area contributed by atoms with Crippen molar-refractivity contribution in [3.63, 3.8) is 0 Å². The number of aromatic nitrogens is 1. The number of nitrogens with zero attached hydrogens (tertiary/aromatic N) is 1. The summed E-state index contributed by atoms with van der Waals surface area (Å²) in [5.74, 6) is -1.00. The van der Waals surface area contributed by atoms with Crippen molar-refractivity contribution in [3.05, 3.63) is 76.1 Å². The summed E-state index contributed by atoms with van der Waals surface area (Å²) in [4.78, 5) is 11.5. The lowest BCUT2D eigenvalue weighted by molar-refractivity contribution is 0.0699. The average molecular weight is 330 g/mol. The van der Waals surface area contributed by atoms with Gasteiger partial charge in [0.05, 0.1) is 10.5 Å². The van der Waals surface area contributed by atoms with Crippen molar-refractivity contribution in [2.45, 2.75) is 27.2 Å². The monoisotopic (exact) mass is 329 g/mol. The van der Waals surface area contributed by atoms with Crippen molar-refractivity contribution in [2.24, 2.45) is 0 Å². The van der Waals surface area contributed by atoms with Crippen molar-refractivity contribution in [1.29, 1.82) is 0 Å². The molecule has 0 saturated heterocycles. The van der Waals surface area contributed by atoms with Crippen LogP contribution in [0.2, 0.25) is 5.02 Å². The summed E-state index contributed by atoms with van der Waals surface area (Å²) in [5.41, 5.74) is 3.90. The van der Waals surface area contributed by atoms with E-state index in [1.807, 2.05) is 67.8 Å². The highest BCUT2D eigenvalue weighted by molar-refractivity contribution is 6.35. The van der Waals surface area contributed by atoms with Gasteiger partial charge in [-0.2, -0.15) is 0 Å². The maximum Gasteiger partial charge on any atom is 0.339 e. The predicted molar refractivity (Wildman–Crippen MR) is 94.7 cm³/mol. The summed E-state index contributed by atoms with van der Waals surface area (Å²) in [6, 6.07) is 13.5. The summed E-state index contributed by atoms with van der Waals surface area (Å²) in [7, 11) is 0. The Balaban J connectivity index is 0.000000924. The Labute approximate surface area is 141 Å². The quantitative estimate of drug-likeness (QED) is 0.716. The van der Waals surface area contributed by atoms with Gasteiger partial charge in [0.15, 0.2) is 0 Å². The second kappa shape index (κ2) is 7.34. The Morgan fingerprint density at radius 1 is 1.13 bits per heavy atom. The summed E-state index contributed by atoms with van der Waals surface area (Å²) in [5, 5.41) is 9.72. The zero-order valence-corrected chi connectivity index (χ0v) is 14.3. The fourth-order valence-corrected chi connectivity index (χ4v) is 2.94. The molecule has 3 aromatic rings. The van der Waals surface area contributed by atoms with E-state index in [4.69, 9.17) is 11.6 Å². The van der Waals surface area contributed by atoms with Gasteiger partial charge in [-0.25, -0.2) is 4.79 Å². The number of rotatable bonds is 3. The van der Waals surface area contributed by atoms with Gasteiger partial charge in [0.2, 0.25) is 0 Å². The Kier molecular flexibility index (Phi) is 5.45. The lowest BCUT2D eigenvalue weighted by Gasteiger charge is -2.07. The van der Waals surface area contributed by atoms with E-state index in [1.165, 1.54) is 0 Å². The predicted octanol–water partition coefficient (Wildman–Crippen LogP) is 5.22. The second-order valence-corrected chi connectivity index (χ2v) is 5.38. The summed E-state index contributed by atoms with van der Waals surface area (Å²) >= 11 is 6.35. The first-order valence-corrected chi connectivity index (χ1v) is 8.02. The molecule has 0 bridgehead atoms. The molecule has 0 aliphatic carbocycles. The maximum atomic E-state index is 11.5. The molecule has 0 spiro atoms. The van der Waals surface area contributed by atoms with Crippen LogP contribution in [0.1, 0.15) is 41.0 Å². The van der Waals surface area contributed by atoms with E-state index in [-0.39, 0.29) is 5.56 Å². The number of hydrogen-bond acceptors (Lipinski definition) is 1. The van der Waals surface area contributed by atoms with Crippen LogP contribution in [-0.2, 0) is 6.42 Å². The van der Waals surface area contributed by atoms with Gasteiger partial charge in [-0.15, -0.1) is 0 Å². The molecular weight excluding hydrogens is 310 g/mol. The van der Waals surface area contributed by atoms with Gasteiger partial charge in [0, 0.05) is 18.3 Å². The van der Waals surface area contributed by atoms with Crippen molar-refractivity contribution in [3.8, 4) is 0 Å². The van der Waals surface area contributed by atoms with Crippen LogP contribution in [0.25, 0.3) is 5.52 Å². The van der Waals surface area contributed by atoms with Crippen molar-refractivity contribution >= 4 is 23.1 Å². The smallest absolute Gasteiger partial charge is 0.339 e. The fourth-order valence-electron chi connectivity index (χ4n) is 2.60. The Morgan fingerprint density at radius 3 is 2.43 bits per heavy atom. The molecule has 1 N–H and O–H groups in total. The number of benzene rings is 1. The molecule has 0 aliphatic heterocycles. The number of fused-ring (bicyclic) bond motifs is 1. The van der Waals surface area contributed by atoms with E-state index in [0.29, 0.717) is 17.0 Å². The maximum absolute atomic E-state index is 11.5. The topological polar surface area (TPSA) is 41.7 Å². The van der Waals surface area contributed by atoms with Crippen LogP contribution in [0.15, 0.2) is 48.7 Å². The van der Waals surface area contributed by atoms with E-state index < -0.39 is 5.97 Å². The second-order valence-electron chi connectivity index (χ2n) is 5.00. The molecule has 0 unspecified atom stereocenters. The Morgan fingerprint density at radius 2 is 1.78 bits per heavy atom. The molecule has 0 saturated carbocycles. The van der Waals surface area contributed by atoms with Crippen molar-refractivity contribution < 1.29 is 9.90 Å². The van der Waals surface area contributed by atoms with Crippen LogP contribution >= 0.6 is 11.6 Å². The Hall–Kier alpha value is -2.26. The zero-order valence-electron chi connectivity index (χ0n) is 13.5. The highest BCUT2D eigenvalue weighted by Gasteiger charge is 2.21. The highest BCUT2D eigenvalue weighted by Crippen LogP contribution is 2.30. The normalized spacial score (nSPS) is 10.3. The molecule has 3 nitrogen and oxygen atoms in total. The van der Waals surface area contributed by atoms with Crippen molar-refractivity contribution in [1.82, 2.24) is 4.40 Å². The van der Waals surface area contributed by atoms with Crippen LogP contribution in [0.4, 0.5) is 0 Å². The van der Waals surface area contributed by atoms with Crippen LogP contribution in [0.5, 0.6) is 0 Å². The molecule has 4 heteroatoms. The lowest BCUT2D eigenvalue weighted by atomic mass is 10.0. The van der Waals surface area contributed by atoms with Gasteiger partial charge in [-0.1, -0.05) is 55.8 Å². The standard InChI is InChI=1S/C17H14ClNO2.C2H6/c1-11-6-2-3-7-12(11)10-14-16(18)15(17(20)21)13-8-4-5-9-19(13)14;1-2/h2-9H,10H2,1H3,(H,20,21);1-2H3. The number of pyridine rings is 1. The summed E-state index contributed by atoms with van der Waals surface area (Å²) in [6.45, 7) is 6.04. The van der Waals surface area contributed by atoms with Gasteiger partial charge >= 0.3 is 5.97 Å². The Bertz CT molecular complexity index is 837. The number of hydrogen-bond donors (Lipinski definition) is 1. The van der Waals surface area contributed by atoms with Crippen molar-refractivity contribution in [2.75, 3.05) is 0 Å². The van der Waals surface area contributed by atoms with E-state index in [0.717, 1.165) is 16.8 Å². The molecule has 3 rings (SSSR count).